The van der Waals surface area contributed by atoms with Gasteiger partial charge in [-0.2, -0.15) is 5.26 Å². The fourth-order valence-corrected chi connectivity index (χ4v) is 2.70. The summed E-state index contributed by atoms with van der Waals surface area (Å²) in [5.41, 5.74) is 1.71. The van der Waals surface area contributed by atoms with Crippen molar-refractivity contribution in [3.05, 3.63) is 29.8 Å². The molecule has 110 valence electrons. The van der Waals surface area contributed by atoms with Crippen molar-refractivity contribution in [1.82, 2.24) is 0 Å². The largest absolute Gasteiger partial charge is 0.491 e. The molecule has 0 aliphatic heterocycles. The molecular weight excluding hydrogens is 270 g/mol. The molecule has 0 saturated heterocycles. The Morgan fingerprint density at radius 2 is 1.70 bits per heavy atom. The highest BCUT2D eigenvalue weighted by Crippen LogP contribution is 2.36. The molecule has 0 spiro atoms. The van der Waals surface area contributed by atoms with E-state index >= 15 is 0 Å². The Labute approximate surface area is 127 Å². The predicted octanol–water partition coefficient (Wildman–Crippen LogP) is 4.91. The SMILES string of the molecule is CC(C)(C)CC(C)(C)c1ccc(OCC(Cl)C#N)cc1. The van der Waals surface area contributed by atoms with E-state index in [1.165, 1.54) is 5.56 Å². The first-order valence-electron chi connectivity index (χ1n) is 6.91. The molecule has 3 heteroatoms. The molecule has 20 heavy (non-hydrogen) atoms. The van der Waals surface area contributed by atoms with Gasteiger partial charge in [0.1, 0.15) is 12.4 Å². The number of rotatable bonds is 5. The van der Waals surface area contributed by atoms with Crippen molar-refractivity contribution >= 4 is 11.6 Å². The van der Waals surface area contributed by atoms with Gasteiger partial charge in [0.25, 0.3) is 0 Å². The molecule has 0 heterocycles. The fourth-order valence-electron chi connectivity index (χ4n) is 2.64. The van der Waals surface area contributed by atoms with E-state index in [1.807, 2.05) is 18.2 Å². The van der Waals surface area contributed by atoms with Gasteiger partial charge in [0.15, 0.2) is 5.38 Å². The van der Waals surface area contributed by atoms with E-state index in [2.05, 4.69) is 46.8 Å². The zero-order chi connectivity index (χ0) is 15.4. The third-order valence-corrected chi connectivity index (χ3v) is 3.37. The molecule has 0 fully saturated rings. The van der Waals surface area contributed by atoms with Gasteiger partial charge in [-0.3, -0.25) is 0 Å². The molecule has 0 aliphatic carbocycles. The monoisotopic (exact) mass is 293 g/mol. The minimum absolute atomic E-state index is 0.123. The number of halogens is 1. The van der Waals surface area contributed by atoms with Crippen LogP contribution < -0.4 is 4.74 Å². The number of hydrogen-bond acceptors (Lipinski definition) is 2. The summed E-state index contributed by atoms with van der Waals surface area (Å²) in [6, 6.07) is 10.0. The Morgan fingerprint density at radius 3 is 2.15 bits per heavy atom. The Hall–Kier alpha value is -1.20. The van der Waals surface area contributed by atoms with Gasteiger partial charge >= 0.3 is 0 Å². The van der Waals surface area contributed by atoms with Crippen LogP contribution in [0.2, 0.25) is 0 Å². The van der Waals surface area contributed by atoms with E-state index < -0.39 is 5.38 Å². The fraction of sp³-hybridized carbons (Fsp3) is 0.588. The molecule has 0 amide bonds. The molecule has 0 N–H and O–H groups in total. The van der Waals surface area contributed by atoms with Crippen molar-refractivity contribution in [2.45, 2.75) is 51.8 Å². The van der Waals surface area contributed by atoms with Crippen molar-refractivity contribution in [1.29, 1.82) is 5.26 Å². The highest BCUT2D eigenvalue weighted by atomic mass is 35.5. The summed E-state index contributed by atoms with van der Waals surface area (Å²) in [7, 11) is 0. The van der Waals surface area contributed by atoms with Crippen LogP contribution in [0.4, 0.5) is 0 Å². The summed E-state index contributed by atoms with van der Waals surface area (Å²) >= 11 is 5.71. The van der Waals surface area contributed by atoms with E-state index in [-0.39, 0.29) is 17.4 Å². The zero-order valence-electron chi connectivity index (χ0n) is 13.0. The average molecular weight is 294 g/mol. The quantitative estimate of drug-likeness (QED) is 0.723. The lowest BCUT2D eigenvalue weighted by Crippen LogP contribution is -2.24. The van der Waals surface area contributed by atoms with Gasteiger partial charge in [-0.1, -0.05) is 46.8 Å². The van der Waals surface area contributed by atoms with E-state index in [4.69, 9.17) is 21.6 Å². The van der Waals surface area contributed by atoms with Crippen LogP contribution in [0.3, 0.4) is 0 Å². The van der Waals surface area contributed by atoms with Crippen LogP contribution in [-0.4, -0.2) is 12.0 Å². The maximum Gasteiger partial charge on any atom is 0.154 e. The lowest BCUT2D eigenvalue weighted by Gasteiger charge is -2.33. The van der Waals surface area contributed by atoms with Crippen molar-refractivity contribution in [3.63, 3.8) is 0 Å². The maximum atomic E-state index is 8.61. The molecule has 1 atom stereocenters. The lowest BCUT2D eigenvalue weighted by atomic mass is 9.72. The Balaban J connectivity index is 2.73. The maximum absolute atomic E-state index is 8.61. The van der Waals surface area contributed by atoms with Crippen LogP contribution in [0.25, 0.3) is 0 Å². The summed E-state index contributed by atoms with van der Waals surface area (Å²) in [5, 5.41) is 8.01. The number of benzene rings is 1. The first kappa shape index (κ1) is 16.9. The second-order valence-electron chi connectivity index (χ2n) is 7.05. The van der Waals surface area contributed by atoms with Gasteiger partial charge in [0.05, 0.1) is 6.07 Å². The zero-order valence-corrected chi connectivity index (χ0v) is 13.8. The van der Waals surface area contributed by atoms with Crippen molar-refractivity contribution < 1.29 is 4.74 Å². The van der Waals surface area contributed by atoms with Crippen molar-refractivity contribution in [2.24, 2.45) is 5.41 Å². The molecule has 0 radical (unpaired) electrons. The van der Waals surface area contributed by atoms with Gasteiger partial charge in [-0.05, 0) is 34.9 Å². The van der Waals surface area contributed by atoms with Crippen LogP contribution >= 0.6 is 11.6 Å². The van der Waals surface area contributed by atoms with E-state index in [9.17, 15) is 0 Å². The standard InChI is InChI=1S/C17H24ClNO/c1-16(2,3)12-17(4,5)13-6-8-15(9-7-13)20-11-14(18)10-19/h6-9,14H,11-12H2,1-5H3. The molecule has 1 aromatic carbocycles. The van der Waals surface area contributed by atoms with Crippen molar-refractivity contribution in [2.75, 3.05) is 6.61 Å². The summed E-state index contributed by atoms with van der Waals surface area (Å²) < 4.78 is 5.47. The summed E-state index contributed by atoms with van der Waals surface area (Å²) in [6.07, 6.45) is 1.11. The Bertz CT molecular complexity index is 465. The summed E-state index contributed by atoms with van der Waals surface area (Å²) in [6.45, 7) is 11.5. The van der Waals surface area contributed by atoms with Gasteiger partial charge in [0.2, 0.25) is 0 Å². The molecule has 1 aromatic rings. The summed E-state index contributed by atoms with van der Waals surface area (Å²) in [4.78, 5) is 0. The first-order valence-corrected chi connectivity index (χ1v) is 7.35. The van der Waals surface area contributed by atoms with Crippen LogP contribution in [0.15, 0.2) is 24.3 Å². The third kappa shape index (κ3) is 5.43. The predicted molar refractivity (Wildman–Crippen MR) is 84.3 cm³/mol. The van der Waals surface area contributed by atoms with Crippen LogP contribution in [0, 0.1) is 16.7 Å². The average Bonchev–Trinajstić information content (AvgIpc) is 2.33. The van der Waals surface area contributed by atoms with Gasteiger partial charge in [-0.15, -0.1) is 11.6 Å². The van der Waals surface area contributed by atoms with E-state index in [1.54, 1.807) is 0 Å². The van der Waals surface area contributed by atoms with Crippen molar-refractivity contribution in [3.8, 4) is 11.8 Å². The molecule has 0 aliphatic rings. The van der Waals surface area contributed by atoms with Crippen LogP contribution in [0.1, 0.15) is 46.6 Å². The van der Waals surface area contributed by atoms with E-state index in [0.717, 1.165) is 12.2 Å². The highest BCUT2D eigenvalue weighted by Gasteiger charge is 2.27. The lowest BCUT2D eigenvalue weighted by molar-refractivity contribution is 0.283. The normalized spacial score (nSPS) is 13.7. The molecule has 0 aromatic heterocycles. The molecule has 0 saturated carbocycles. The van der Waals surface area contributed by atoms with Crippen LogP contribution in [0.5, 0.6) is 5.75 Å². The minimum Gasteiger partial charge on any atom is -0.491 e. The van der Waals surface area contributed by atoms with Crippen LogP contribution in [-0.2, 0) is 5.41 Å². The molecule has 2 nitrogen and oxygen atoms in total. The number of nitriles is 1. The topological polar surface area (TPSA) is 33.0 Å². The number of hydrogen-bond donors (Lipinski definition) is 0. The number of nitrogens with zero attached hydrogens (tertiary/aromatic N) is 1. The number of ether oxygens (including phenoxy) is 1. The Kier molecular flexibility index (Phi) is 5.48. The smallest absolute Gasteiger partial charge is 0.154 e. The molecular formula is C17H24ClNO. The summed E-state index contributed by atoms with van der Waals surface area (Å²) in [5.74, 6) is 0.751. The minimum atomic E-state index is -0.605. The number of alkyl halides is 1. The van der Waals surface area contributed by atoms with Gasteiger partial charge in [0, 0.05) is 0 Å². The van der Waals surface area contributed by atoms with Gasteiger partial charge in [-0.25, -0.2) is 0 Å². The van der Waals surface area contributed by atoms with E-state index in [0.29, 0.717) is 0 Å². The second-order valence-corrected chi connectivity index (χ2v) is 7.58. The van der Waals surface area contributed by atoms with Gasteiger partial charge < -0.3 is 4.74 Å². The molecule has 1 rings (SSSR count). The third-order valence-electron chi connectivity index (χ3n) is 3.14. The highest BCUT2D eigenvalue weighted by molar-refractivity contribution is 6.22. The molecule has 0 bridgehead atoms. The molecule has 1 unspecified atom stereocenters. The second kappa shape index (κ2) is 6.50. The Morgan fingerprint density at radius 1 is 1.15 bits per heavy atom. The first-order chi connectivity index (χ1) is 9.14.